The number of nitrogens with zero attached hydrogens (tertiary/aromatic N) is 4. The third kappa shape index (κ3) is 4.24. The third-order valence-corrected chi connectivity index (χ3v) is 4.27. The molecule has 0 spiro atoms. The van der Waals surface area contributed by atoms with E-state index in [0.717, 1.165) is 17.1 Å². The predicted octanol–water partition coefficient (Wildman–Crippen LogP) is 4.67. The lowest BCUT2D eigenvalue weighted by Crippen LogP contribution is -2.26. The Hall–Kier alpha value is -4.13. The fraction of sp³-hybridized carbons (Fsp3) is 0.0455. The number of hydrogen-bond donors (Lipinski definition) is 3. The molecule has 144 valence electrons. The van der Waals surface area contributed by atoms with Gasteiger partial charge >= 0.3 is 0 Å². The van der Waals surface area contributed by atoms with E-state index in [4.69, 9.17) is 5.73 Å². The molecule has 0 aliphatic rings. The van der Waals surface area contributed by atoms with Crippen LogP contribution in [-0.2, 0) is 0 Å². The summed E-state index contributed by atoms with van der Waals surface area (Å²) in [6.45, 7) is 1.93. The Kier molecular flexibility index (Phi) is 5.20. The number of anilines is 6. The first kappa shape index (κ1) is 18.2. The predicted molar refractivity (Wildman–Crippen MR) is 117 cm³/mol. The third-order valence-electron chi connectivity index (χ3n) is 4.27. The van der Waals surface area contributed by atoms with E-state index in [-0.39, 0.29) is 0 Å². The Morgan fingerprint density at radius 3 is 2.00 bits per heavy atom. The molecule has 0 fully saturated rings. The summed E-state index contributed by atoms with van der Waals surface area (Å²) >= 11 is 0. The van der Waals surface area contributed by atoms with Crippen LogP contribution in [0.25, 0.3) is 0 Å². The van der Waals surface area contributed by atoms with Gasteiger partial charge < -0.3 is 11.1 Å². The van der Waals surface area contributed by atoms with Crippen LogP contribution in [0.2, 0.25) is 0 Å². The number of para-hydroxylation sites is 2. The number of nitrogen functional groups attached to an aromatic ring is 1. The van der Waals surface area contributed by atoms with E-state index in [9.17, 15) is 0 Å². The van der Waals surface area contributed by atoms with Crippen molar-refractivity contribution >= 4 is 34.5 Å². The van der Waals surface area contributed by atoms with Crippen LogP contribution in [0.5, 0.6) is 0 Å². The largest absolute Gasteiger partial charge is 0.393 e. The zero-order valence-corrected chi connectivity index (χ0v) is 15.9. The molecule has 2 aromatic carbocycles. The lowest BCUT2D eigenvalue weighted by atomic mass is 10.2. The lowest BCUT2D eigenvalue weighted by Gasteiger charge is -2.26. The van der Waals surface area contributed by atoms with Crippen molar-refractivity contribution in [1.82, 2.24) is 15.0 Å². The highest BCUT2D eigenvalue weighted by Crippen LogP contribution is 2.30. The maximum absolute atomic E-state index is 6.37. The van der Waals surface area contributed by atoms with Crippen LogP contribution in [0.3, 0.4) is 0 Å². The van der Waals surface area contributed by atoms with Crippen molar-refractivity contribution in [2.75, 3.05) is 21.5 Å². The zero-order valence-electron chi connectivity index (χ0n) is 15.9. The number of benzene rings is 2. The molecule has 0 unspecified atom stereocenters. The lowest BCUT2D eigenvalue weighted by molar-refractivity contribution is 1.09. The normalized spacial score (nSPS) is 10.4. The molecule has 0 saturated carbocycles. The molecule has 0 aliphatic carbocycles. The standard InChI is InChI=1S/C22H21N7/c1-16-9-8-14-19(26-16)27-21-20(23)22(25-15-24-21)28-29(17-10-4-2-5-11-17)18-12-6-3-7-13-18/h2-15H,23H2,1H3,(H2,24,25,26,27,28). The van der Waals surface area contributed by atoms with Crippen LogP contribution < -0.4 is 21.5 Å². The van der Waals surface area contributed by atoms with Gasteiger partial charge in [-0.3, -0.25) is 10.4 Å². The van der Waals surface area contributed by atoms with Crippen molar-refractivity contribution in [2.24, 2.45) is 0 Å². The van der Waals surface area contributed by atoms with Gasteiger partial charge in [0.25, 0.3) is 0 Å². The number of nitrogens with one attached hydrogen (secondary N) is 2. The highest BCUT2D eigenvalue weighted by molar-refractivity contribution is 5.79. The number of pyridine rings is 1. The SMILES string of the molecule is Cc1cccc(Nc2ncnc(NN(c3ccccc3)c3ccccc3)c2N)n1. The smallest absolute Gasteiger partial charge is 0.173 e. The first-order chi connectivity index (χ1) is 14.2. The molecule has 4 N–H and O–H groups in total. The van der Waals surface area contributed by atoms with Crippen LogP contribution in [0.1, 0.15) is 5.69 Å². The summed E-state index contributed by atoms with van der Waals surface area (Å²) < 4.78 is 0. The summed E-state index contributed by atoms with van der Waals surface area (Å²) in [6, 6.07) is 25.6. The van der Waals surface area contributed by atoms with Gasteiger partial charge in [0.2, 0.25) is 0 Å². The molecule has 0 bridgehead atoms. The molecule has 7 heteroatoms. The summed E-state index contributed by atoms with van der Waals surface area (Å²) in [4.78, 5) is 13.0. The molecule has 29 heavy (non-hydrogen) atoms. The molecule has 2 aromatic heterocycles. The minimum absolute atomic E-state index is 0.396. The van der Waals surface area contributed by atoms with Crippen molar-refractivity contribution < 1.29 is 0 Å². The van der Waals surface area contributed by atoms with Gasteiger partial charge in [0.05, 0.1) is 11.4 Å². The maximum atomic E-state index is 6.37. The van der Waals surface area contributed by atoms with Crippen molar-refractivity contribution in [3.63, 3.8) is 0 Å². The number of aryl methyl sites for hydroxylation is 1. The van der Waals surface area contributed by atoms with Gasteiger partial charge in [0.1, 0.15) is 17.8 Å². The van der Waals surface area contributed by atoms with Crippen LogP contribution in [-0.4, -0.2) is 15.0 Å². The van der Waals surface area contributed by atoms with Gasteiger partial charge in [-0.1, -0.05) is 42.5 Å². The second-order valence-corrected chi connectivity index (χ2v) is 6.39. The summed E-state index contributed by atoms with van der Waals surface area (Å²) in [5.74, 6) is 1.65. The Bertz CT molecular complexity index is 1050. The van der Waals surface area contributed by atoms with E-state index in [1.165, 1.54) is 6.33 Å². The van der Waals surface area contributed by atoms with E-state index in [2.05, 4.69) is 25.7 Å². The minimum atomic E-state index is 0.396. The van der Waals surface area contributed by atoms with Crippen molar-refractivity contribution in [3.05, 3.63) is 90.9 Å². The van der Waals surface area contributed by atoms with Gasteiger partial charge in [-0.05, 0) is 43.3 Å². The van der Waals surface area contributed by atoms with E-state index in [0.29, 0.717) is 23.1 Å². The molecule has 2 heterocycles. The minimum Gasteiger partial charge on any atom is -0.393 e. The Balaban J connectivity index is 1.66. The fourth-order valence-electron chi connectivity index (χ4n) is 2.86. The number of rotatable bonds is 6. The number of aromatic nitrogens is 3. The Labute approximate surface area is 169 Å². The first-order valence-electron chi connectivity index (χ1n) is 9.19. The average molecular weight is 383 g/mol. The quantitative estimate of drug-likeness (QED) is 0.417. The summed E-state index contributed by atoms with van der Waals surface area (Å²) in [7, 11) is 0. The summed E-state index contributed by atoms with van der Waals surface area (Å²) in [6.07, 6.45) is 1.46. The van der Waals surface area contributed by atoms with Crippen LogP contribution in [0.4, 0.5) is 34.5 Å². The Morgan fingerprint density at radius 2 is 1.38 bits per heavy atom. The number of nitrogens with two attached hydrogens (primary N) is 1. The first-order valence-corrected chi connectivity index (χ1v) is 9.19. The fourth-order valence-corrected chi connectivity index (χ4v) is 2.86. The number of hydrogen-bond acceptors (Lipinski definition) is 7. The molecule has 7 nitrogen and oxygen atoms in total. The highest BCUT2D eigenvalue weighted by atomic mass is 15.5. The molecule has 0 atom stereocenters. The molecule has 0 aliphatic heterocycles. The molecule has 0 radical (unpaired) electrons. The second-order valence-electron chi connectivity index (χ2n) is 6.39. The molecule has 0 amide bonds. The van der Waals surface area contributed by atoms with Crippen LogP contribution in [0, 0.1) is 6.92 Å². The molecule has 4 rings (SSSR count). The summed E-state index contributed by atoms with van der Waals surface area (Å²) in [5, 5.41) is 5.08. The van der Waals surface area contributed by atoms with Gasteiger partial charge in [-0.2, -0.15) is 0 Å². The van der Waals surface area contributed by atoms with Crippen molar-refractivity contribution in [3.8, 4) is 0 Å². The highest BCUT2D eigenvalue weighted by Gasteiger charge is 2.14. The monoisotopic (exact) mass is 383 g/mol. The van der Waals surface area contributed by atoms with Crippen molar-refractivity contribution in [1.29, 1.82) is 0 Å². The van der Waals surface area contributed by atoms with Gasteiger partial charge in [-0.25, -0.2) is 15.0 Å². The van der Waals surface area contributed by atoms with E-state index >= 15 is 0 Å². The van der Waals surface area contributed by atoms with E-state index in [1.807, 2.05) is 90.8 Å². The zero-order chi connectivity index (χ0) is 20.1. The Morgan fingerprint density at radius 1 is 0.759 bits per heavy atom. The summed E-state index contributed by atoms with van der Waals surface area (Å²) in [5.41, 5.74) is 12.9. The molecule has 4 aromatic rings. The maximum Gasteiger partial charge on any atom is 0.173 e. The van der Waals surface area contributed by atoms with Gasteiger partial charge in [-0.15, -0.1) is 0 Å². The van der Waals surface area contributed by atoms with Gasteiger partial charge in [0, 0.05) is 5.69 Å². The molecular formula is C22H21N7. The van der Waals surface area contributed by atoms with Crippen LogP contribution in [0.15, 0.2) is 85.2 Å². The van der Waals surface area contributed by atoms with E-state index in [1.54, 1.807) is 0 Å². The molecule has 0 saturated heterocycles. The van der Waals surface area contributed by atoms with Crippen molar-refractivity contribution in [2.45, 2.75) is 6.92 Å². The van der Waals surface area contributed by atoms with Crippen LogP contribution >= 0.6 is 0 Å². The topological polar surface area (TPSA) is 92.0 Å². The van der Waals surface area contributed by atoms with E-state index < -0.39 is 0 Å². The molecular weight excluding hydrogens is 362 g/mol. The van der Waals surface area contributed by atoms with Gasteiger partial charge in [0.15, 0.2) is 11.6 Å². The second kappa shape index (κ2) is 8.26. The number of hydrazine groups is 1. The average Bonchev–Trinajstić information content (AvgIpc) is 2.76.